The maximum Gasteiger partial charge on any atom is 0.277 e. The van der Waals surface area contributed by atoms with Crippen molar-refractivity contribution in [2.75, 3.05) is 5.32 Å². The van der Waals surface area contributed by atoms with Crippen LogP contribution < -0.4 is 10.9 Å². The first kappa shape index (κ1) is 12.4. The van der Waals surface area contributed by atoms with Gasteiger partial charge in [-0.2, -0.15) is 5.10 Å². The average Bonchev–Trinajstić information content (AvgIpc) is 2.57. The van der Waals surface area contributed by atoms with Gasteiger partial charge in [-0.1, -0.05) is 11.6 Å². The highest BCUT2D eigenvalue weighted by Gasteiger charge is 2.18. The number of anilines is 1. The number of aromatic nitrogens is 3. The average molecular weight is 267 g/mol. The predicted octanol–water partition coefficient (Wildman–Crippen LogP) is 1.32. The largest absolute Gasteiger partial charge is 0.329 e. The Bertz CT molecular complexity index is 659. The van der Waals surface area contributed by atoms with E-state index >= 15 is 0 Å². The van der Waals surface area contributed by atoms with E-state index in [0.717, 1.165) is 0 Å². The van der Waals surface area contributed by atoms with Crippen molar-refractivity contribution in [1.29, 1.82) is 0 Å². The Labute approximate surface area is 108 Å². The number of aromatic amines is 1. The molecular formula is C11H11ClN4O2. The summed E-state index contributed by atoms with van der Waals surface area (Å²) >= 11 is 5.99. The number of hydrogen-bond acceptors (Lipinski definition) is 3. The lowest BCUT2D eigenvalue weighted by atomic mass is 10.3. The summed E-state index contributed by atoms with van der Waals surface area (Å²) in [7, 11) is 1.70. The van der Waals surface area contributed by atoms with Gasteiger partial charge >= 0.3 is 0 Å². The Balaban J connectivity index is 2.27. The molecule has 94 valence electrons. The summed E-state index contributed by atoms with van der Waals surface area (Å²) in [6, 6.07) is 2.85. The van der Waals surface area contributed by atoms with Crippen LogP contribution >= 0.6 is 11.6 Å². The fourth-order valence-corrected chi connectivity index (χ4v) is 1.69. The Kier molecular flexibility index (Phi) is 3.20. The highest BCUT2D eigenvalue weighted by atomic mass is 35.5. The molecule has 0 aliphatic carbocycles. The standard InChI is InChI=1S/C11H11ClN4O2/c1-6-9(12)10(15-16(6)2)11(18)14-7-3-4-13-8(17)5-7/h3-5H,1-2H3,(H2,13,14,17,18). The zero-order chi connectivity index (χ0) is 13.3. The number of pyridine rings is 1. The number of hydrogen-bond donors (Lipinski definition) is 2. The second-order valence-electron chi connectivity index (χ2n) is 3.77. The van der Waals surface area contributed by atoms with Crippen molar-refractivity contribution < 1.29 is 4.79 Å². The van der Waals surface area contributed by atoms with Gasteiger partial charge in [0.15, 0.2) is 5.69 Å². The fourth-order valence-electron chi connectivity index (χ4n) is 1.44. The fraction of sp³-hybridized carbons (Fsp3) is 0.182. The lowest BCUT2D eigenvalue weighted by molar-refractivity contribution is 0.102. The Hall–Kier alpha value is -2.08. The first-order valence-electron chi connectivity index (χ1n) is 5.18. The van der Waals surface area contributed by atoms with Crippen molar-refractivity contribution in [2.24, 2.45) is 7.05 Å². The number of carbonyl (C=O) groups is 1. The van der Waals surface area contributed by atoms with Gasteiger partial charge in [0.05, 0.1) is 10.7 Å². The molecular weight excluding hydrogens is 256 g/mol. The molecule has 0 atom stereocenters. The topological polar surface area (TPSA) is 79.8 Å². The molecule has 0 spiro atoms. The number of halogens is 1. The number of H-pyrrole nitrogens is 1. The quantitative estimate of drug-likeness (QED) is 0.860. The number of amides is 1. The molecule has 2 heterocycles. The molecule has 0 aliphatic heterocycles. The third-order valence-electron chi connectivity index (χ3n) is 2.51. The van der Waals surface area contributed by atoms with E-state index < -0.39 is 5.91 Å². The van der Waals surface area contributed by atoms with Crippen LogP contribution in [0.25, 0.3) is 0 Å². The van der Waals surface area contributed by atoms with Crippen LogP contribution in [0.15, 0.2) is 23.1 Å². The van der Waals surface area contributed by atoms with E-state index in [1.165, 1.54) is 16.9 Å². The summed E-state index contributed by atoms with van der Waals surface area (Å²) in [5.41, 5.74) is 0.934. The van der Waals surface area contributed by atoms with E-state index in [0.29, 0.717) is 16.4 Å². The number of nitrogens with one attached hydrogen (secondary N) is 2. The maximum atomic E-state index is 11.9. The second kappa shape index (κ2) is 4.66. The molecule has 0 unspecified atom stereocenters. The van der Waals surface area contributed by atoms with Crippen LogP contribution in [0.3, 0.4) is 0 Å². The van der Waals surface area contributed by atoms with Gasteiger partial charge in [-0.3, -0.25) is 14.3 Å². The van der Waals surface area contributed by atoms with Crippen molar-refractivity contribution >= 4 is 23.2 Å². The first-order valence-corrected chi connectivity index (χ1v) is 5.56. The van der Waals surface area contributed by atoms with Gasteiger partial charge in [0, 0.05) is 25.0 Å². The second-order valence-corrected chi connectivity index (χ2v) is 4.15. The molecule has 0 saturated carbocycles. The van der Waals surface area contributed by atoms with Crippen LogP contribution in [0, 0.1) is 6.92 Å². The summed E-state index contributed by atoms with van der Waals surface area (Å²) in [5.74, 6) is -0.450. The lowest BCUT2D eigenvalue weighted by Gasteiger charge is -2.02. The highest BCUT2D eigenvalue weighted by Crippen LogP contribution is 2.20. The van der Waals surface area contributed by atoms with Gasteiger partial charge in [0.25, 0.3) is 5.91 Å². The molecule has 18 heavy (non-hydrogen) atoms. The molecule has 2 N–H and O–H groups in total. The smallest absolute Gasteiger partial charge is 0.277 e. The van der Waals surface area contributed by atoms with E-state index in [1.807, 2.05) is 0 Å². The summed E-state index contributed by atoms with van der Waals surface area (Å²) in [4.78, 5) is 25.5. The number of nitrogens with zero attached hydrogens (tertiary/aromatic N) is 2. The SMILES string of the molecule is Cc1c(Cl)c(C(=O)Nc2cc[nH]c(=O)c2)nn1C. The molecule has 7 heteroatoms. The molecule has 0 bridgehead atoms. The number of carbonyl (C=O) groups excluding carboxylic acids is 1. The maximum absolute atomic E-state index is 11.9. The Morgan fingerprint density at radius 2 is 2.28 bits per heavy atom. The molecule has 2 aromatic rings. The Morgan fingerprint density at radius 1 is 1.56 bits per heavy atom. The molecule has 0 aromatic carbocycles. The molecule has 0 aliphatic rings. The minimum Gasteiger partial charge on any atom is -0.329 e. The number of rotatable bonds is 2. The van der Waals surface area contributed by atoms with Crippen LogP contribution in [0.1, 0.15) is 16.2 Å². The van der Waals surface area contributed by atoms with Gasteiger partial charge in [-0.25, -0.2) is 0 Å². The van der Waals surface area contributed by atoms with E-state index in [2.05, 4.69) is 15.4 Å². The van der Waals surface area contributed by atoms with Crippen molar-refractivity contribution in [3.8, 4) is 0 Å². The molecule has 0 radical (unpaired) electrons. The summed E-state index contributed by atoms with van der Waals surface area (Å²) in [6.07, 6.45) is 1.45. The van der Waals surface area contributed by atoms with Crippen LogP contribution in [-0.2, 0) is 7.05 Å². The molecule has 0 saturated heterocycles. The predicted molar refractivity (Wildman–Crippen MR) is 68.0 cm³/mol. The van der Waals surface area contributed by atoms with Crippen molar-refractivity contribution in [2.45, 2.75) is 6.92 Å². The number of aryl methyl sites for hydroxylation is 1. The normalized spacial score (nSPS) is 10.4. The van der Waals surface area contributed by atoms with E-state index in [1.54, 1.807) is 20.0 Å². The van der Waals surface area contributed by atoms with Gasteiger partial charge in [-0.15, -0.1) is 0 Å². The highest BCUT2D eigenvalue weighted by molar-refractivity contribution is 6.34. The van der Waals surface area contributed by atoms with Gasteiger partial charge in [0.1, 0.15) is 0 Å². The van der Waals surface area contributed by atoms with Gasteiger partial charge in [-0.05, 0) is 13.0 Å². The summed E-state index contributed by atoms with van der Waals surface area (Å²) in [6.45, 7) is 1.76. The van der Waals surface area contributed by atoms with E-state index in [-0.39, 0.29) is 11.3 Å². The summed E-state index contributed by atoms with van der Waals surface area (Å²) in [5, 5.41) is 6.88. The van der Waals surface area contributed by atoms with E-state index in [9.17, 15) is 9.59 Å². The summed E-state index contributed by atoms with van der Waals surface area (Å²) < 4.78 is 1.52. The zero-order valence-electron chi connectivity index (χ0n) is 9.82. The van der Waals surface area contributed by atoms with Gasteiger partial charge < -0.3 is 10.3 Å². The minimum atomic E-state index is -0.450. The molecule has 1 amide bonds. The molecule has 6 nitrogen and oxygen atoms in total. The minimum absolute atomic E-state index is 0.136. The van der Waals surface area contributed by atoms with Crippen molar-refractivity contribution in [3.05, 3.63) is 45.1 Å². The zero-order valence-corrected chi connectivity index (χ0v) is 10.6. The Morgan fingerprint density at radius 3 is 2.83 bits per heavy atom. The van der Waals surface area contributed by atoms with Gasteiger partial charge in [0.2, 0.25) is 5.56 Å². The van der Waals surface area contributed by atoms with Crippen LogP contribution in [0.5, 0.6) is 0 Å². The van der Waals surface area contributed by atoms with E-state index in [4.69, 9.17) is 11.6 Å². The monoisotopic (exact) mass is 266 g/mol. The molecule has 0 fully saturated rings. The van der Waals surface area contributed by atoms with Crippen LogP contribution in [-0.4, -0.2) is 20.7 Å². The molecule has 2 rings (SSSR count). The molecule has 2 aromatic heterocycles. The third kappa shape index (κ3) is 2.28. The van der Waals surface area contributed by atoms with Crippen LogP contribution in [0.2, 0.25) is 5.02 Å². The van der Waals surface area contributed by atoms with Crippen molar-refractivity contribution in [1.82, 2.24) is 14.8 Å². The van der Waals surface area contributed by atoms with Crippen molar-refractivity contribution in [3.63, 3.8) is 0 Å². The first-order chi connectivity index (χ1) is 8.49. The lowest BCUT2D eigenvalue weighted by Crippen LogP contribution is -2.15. The third-order valence-corrected chi connectivity index (χ3v) is 2.96. The van der Waals surface area contributed by atoms with Crippen LogP contribution in [0.4, 0.5) is 5.69 Å².